The van der Waals surface area contributed by atoms with Crippen molar-refractivity contribution in [2.75, 3.05) is 38.2 Å². The molecule has 1 N–H and O–H groups in total. The minimum atomic E-state index is -0.527. The Bertz CT molecular complexity index is 686. The molecule has 6 nitrogen and oxygen atoms in total. The molecule has 2 amide bonds. The Labute approximate surface area is 153 Å². The highest BCUT2D eigenvalue weighted by Gasteiger charge is 2.73. The minimum absolute atomic E-state index is 0.0132. The number of amides is 2. The zero-order valence-electron chi connectivity index (χ0n) is 15.3. The Kier molecular flexibility index (Phi) is 4.39. The van der Waals surface area contributed by atoms with Crippen LogP contribution in [0.2, 0.25) is 0 Å². The second kappa shape index (κ2) is 6.58. The zero-order chi connectivity index (χ0) is 18.2. The smallest absolute Gasteiger partial charge is 0.231 e. The highest BCUT2D eigenvalue weighted by Crippen LogP contribution is 2.71. The number of nitrogens with zero attached hydrogens (tertiary/aromatic N) is 1. The van der Waals surface area contributed by atoms with Crippen molar-refractivity contribution < 1.29 is 19.1 Å². The van der Waals surface area contributed by atoms with Crippen LogP contribution >= 0.6 is 0 Å². The Morgan fingerprint density at radius 2 is 1.69 bits per heavy atom. The van der Waals surface area contributed by atoms with Crippen LogP contribution in [0.1, 0.15) is 32.6 Å². The summed E-state index contributed by atoms with van der Waals surface area (Å²) in [6.45, 7) is 5.00. The van der Waals surface area contributed by atoms with Crippen molar-refractivity contribution in [2.24, 2.45) is 10.8 Å². The van der Waals surface area contributed by atoms with Gasteiger partial charge in [-0.1, -0.05) is 0 Å². The van der Waals surface area contributed by atoms with Gasteiger partial charge in [0.1, 0.15) is 5.75 Å². The molecule has 1 saturated heterocycles. The molecule has 0 bridgehead atoms. The van der Waals surface area contributed by atoms with E-state index in [1.54, 1.807) is 0 Å². The highest BCUT2D eigenvalue weighted by molar-refractivity contribution is 6.03. The maximum Gasteiger partial charge on any atom is 0.231 e. The molecule has 26 heavy (non-hydrogen) atoms. The lowest BCUT2D eigenvalue weighted by atomic mass is 9.83. The number of hydrogen-bond acceptors (Lipinski definition) is 4. The fraction of sp³-hybridized carbons (Fsp3) is 0.600. The Balaban J connectivity index is 1.46. The molecular weight excluding hydrogens is 332 g/mol. The third-order valence-electron chi connectivity index (χ3n) is 5.98. The van der Waals surface area contributed by atoms with Crippen LogP contribution in [0.3, 0.4) is 0 Å². The summed E-state index contributed by atoms with van der Waals surface area (Å²) >= 11 is 0. The SMILES string of the molecule is CCOc1ccc(NC(=O)C2(C3(C(=O)N4CCOCC4)CC3)CC2)cc1. The number of carbonyl (C=O) groups excluding carboxylic acids is 2. The van der Waals surface area contributed by atoms with Crippen molar-refractivity contribution in [3.63, 3.8) is 0 Å². The molecule has 4 rings (SSSR count). The van der Waals surface area contributed by atoms with Crippen molar-refractivity contribution in [2.45, 2.75) is 32.6 Å². The second-order valence-electron chi connectivity index (χ2n) is 7.48. The van der Waals surface area contributed by atoms with E-state index in [9.17, 15) is 9.59 Å². The predicted molar refractivity (Wildman–Crippen MR) is 97.0 cm³/mol. The number of morpholine rings is 1. The van der Waals surface area contributed by atoms with Gasteiger partial charge in [0, 0.05) is 18.8 Å². The van der Waals surface area contributed by atoms with Gasteiger partial charge in [0.15, 0.2) is 0 Å². The molecule has 1 heterocycles. The molecule has 1 aromatic rings. The number of anilines is 1. The standard InChI is InChI=1S/C20H26N2O4/c1-2-26-16-5-3-15(4-6-16)21-17(23)19(7-8-19)20(9-10-20)18(24)22-11-13-25-14-12-22/h3-6H,2,7-14H2,1H3,(H,21,23). The summed E-state index contributed by atoms with van der Waals surface area (Å²) in [6, 6.07) is 7.40. The van der Waals surface area contributed by atoms with Gasteiger partial charge in [-0.05, 0) is 56.9 Å². The van der Waals surface area contributed by atoms with Gasteiger partial charge >= 0.3 is 0 Å². The molecule has 2 saturated carbocycles. The lowest BCUT2D eigenvalue weighted by Crippen LogP contribution is -2.49. The molecule has 0 unspecified atom stereocenters. The quantitative estimate of drug-likeness (QED) is 0.848. The lowest BCUT2D eigenvalue weighted by Gasteiger charge is -2.34. The normalized spacial score (nSPS) is 22.4. The Morgan fingerprint density at radius 1 is 1.08 bits per heavy atom. The predicted octanol–water partition coefficient (Wildman–Crippen LogP) is 2.44. The summed E-state index contributed by atoms with van der Waals surface area (Å²) in [6.07, 6.45) is 3.23. The molecule has 1 aromatic carbocycles. The molecule has 1 aliphatic heterocycles. The van der Waals surface area contributed by atoms with Crippen molar-refractivity contribution in [3.8, 4) is 5.75 Å². The average molecular weight is 358 g/mol. The first-order valence-electron chi connectivity index (χ1n) is 9.53. The van der Waals surface area contributed by atoms with Gasteiger partial charge in [-0.25, -0.2) is 0 Å². The van der Waals surface area contributed by atoms with Crippen LogP contribution in [0.15, 0.2) is 24.3 Å². The number of nitrogens with one attached hydrogen (secondary N) is 1. The molecule has 6 heteroatoms. The number of ether oxygens (including phenoxy) is 2. The largest absolute Gasteiger partial charge is 0.494 e. The number of benzene rings is 1. The molecule has 140 valence electrons. The Morgan fingerprint density at radius 3 is 2.23 bits per heavy atom. The maximum atomic E-state index is 13.1. The summed E-state index contributed by atoms with van der Waals surface area (Å²) in [7, 11) is 0. The van der Waals surface area contributed by atoms with Crippen LogP contribution in [0.4, 0.5) is 5.69 Å². The lowest BCUT2D eigenvalue weighted by molar-refractivity contribution is -0.147. The third-order valence-corrected chi connectivity index (χ3v) is 5.98. The molecule has 3 aliphatic rings. The second-order valence-corrected chi connectivity index (χ2v) is 7.48. The Hall–Kier alpha value is -2.08. The van der Waals surface area contributed by atoms with E-state index in [-0.39, 0.29) is 11.8 Å². The van der Waals surface area contributed by atoms with Crippen molar-refractivity contribution in [1.82, 2.24) is 4.90 Å². The van der Waals surface area contributed by atoms with Crippen molar-refractivity contribution >= 4 is 17.5 Å². The maximum absolute atomic E-state index is 13.1. The molecule has 0 atom stereocenters. The van der Waals surface area contributed by atoms with E-state index in [4.69, 9.17) is 9.47 Å². The number of hydrogen-bond donors (Lipinski definition) is 1. The minimum Gasteiger partial charge on any atom is -0.494 e. The van der Waals surface area contributed by atoms with E-state index in [1.165, 1.54) is 0 Å². The first kappa shape index (κ1) is 17.3. The first-order chi connectivity index (χ1) is 12.6. The topological polar surface area (TPSA) is 67.9 Å². The van der Waals surface area contributed by atoms with Gasteiger partial charge < -0.3 is 19.7 Å². The fourth-order valence-electron chi connectivity index (χ4n) is 4.19. The average Bonchev–Trinajstić information content (AvgIpc) is 3.56. The van der Waals surface area contributed by atoms with Crippen LogP contribution in [0, 0.1) is 10.8 Å². The van der Waals surface area contributed by atoms with Gasteiger partial charge in [-0.15, -0.1) is 0 Å². The summed E-state index contributed by atoms with van der Waals surface area (Å²) in [5, 5.41) is 3.03. The first-order valence-corrected chi connectivity index (χ1v) is 9.53. The van der Waals surface area contributed by atoms with Gasteiger partial charge in [0.25, 0.3) is 0 Å². The van der Waals surface area contributed by atoms with E-state index in [0.29, 0.717) is 32.9 Å². The molecule has 2 aliphatic carbocycles. The van der Waals surface area contributed by atoms with Crippen molar-refractivity contribution in [3.05, 3.63) is 24.3 Å². The van der Waals surface area contributed by atoms with Crippen LogP contribution in [-0.4, -0.2) is 49.6 Å². The molecule has 0 aromatic heterocycles. The molecular formula is C20H26N2O4. The monoisotopic (exact) mass is 358 g/mol. The summed E-state index contributed by atoms with van der Waals surface area (Å²) in [5.74, 6) is 0.925. The van der Waals surface area contributed by atoms with Crippen LogP contribution in [-0.2, 0) is 14.3 Å². The fourth-order valence-corrected chi connectivity index (χ4v) is 4.19. The zero-order valence-corrected chi connectivity index (χ0v) is 15.3. The van der Waals surface area contributed by atoms with Crippen LogP contribution < -0.4 is 10.1 Å². The van der Waals surface area contributed by atoms with Gasteiger partial charge in [-0.3, -0.25) is 9.59 Å². The van der Waals surface area contributed by atoms with E-state index in [0.717, 1.165) is 37.1 Å². The van der Waals surface area contributed by atoms with Gasteiger partial charge in [0.05, 0.1) is 30.7 Å². The van der Waals surface area contributed by atoms with E-state index in [2.05, 4.69) is 5.32 Å². The van der Waals surface area contributed by atoms with E-state index < -0.39 is 10.8 Å². The van der Waals surface area contributed by atoms with Crippen molar-refractivity contribution in [1.29, 1.82) is 0 Å². The van der Waals surface area contributed by atoms with Gasteiger partial charge in [-0.2, -0.15) is 0 Å². The van der Waals surface area contributed by atoms with Crippen LogP contribution in [0.25, 0.3) is 0 Å². The summed E-state index contributed by atoms with van der Waals surface area (Å²) in [5.41, 5.74) is -0.264. The highest BCUT2D eigenvalue weighted by atomic mass is 16.5. The van der Waals surface area contributed by atoms with Gasteiger partial charge in [0.2, 0.25) is 11.8 Å². The van der Waals surface area contributed by atoms with Crippen LogP contribution in [0.5, 0.6) is 5.75 Å². The summed E-state index contributed by atoms with van der Waals surface area (Å²) in [4.78, 5) is 28.0. The molecule has 3 fully saturated rings. The third kappa shape index (κ3) is 2.86. The van der Waals surface area contributed by atoms with E-state index in [1.807, 2.05) is 36.1 Å². The molecule has 0 spiro atoms. The summed E-state index contributed by atoms with van der Waals surface area (Å²) < 4.78 is 10.8. The number of rotatable bonds is 6. The number of carbonyl (C=O) groups is 2. The van der Waals surface area contributed by atoms with E-state index >= 15 is 0 Å². The molecule has 0 radical (unpaired) electrons.